The van der Waals surface area contributed by atoms with Crippen LogP contribution in [-0.4, -0.2) is 34.0 Å². The predicted molar refractivity (Wildman–Crippen MR) is 66.6 cm³/mol. The van der Waals surface area contributed by atoms with Gasteiger partial charge in [0.25, 0.3) is 0 Å². The Morgan fingerprint density at radius 3 is 2.81 bits per heavy atom. The van der Waals surface area contributed by atoms with Crippen molar-refractivity contribution in [3.63, 3.8) is 0 Å². The number of thiazole rings is 1. The molecule has 1 amide bonds. The zero-order valence-corrected chi connectivity index (χ0v) is 11.5. The molecule has 114 valence electrons. The van der Waals surface area contributed by atoms with E-state index in [1.54, 1.807) is 4.40 Å². The largest absolute Gasteiger partial charge is 0.471 e. The van der Waals surface area contributed by atoms with Crippen LogP contribution in [0.1, 0.15) is 17.8 Å². The van der Waals surface area contributed by atoms with Crippen LogP contribution in [0.3, 0.4) is 0 Å². The molecule has 2 rings (SSSR count). The molecule has 0 radical (unpaired) electrons. The summed E-state index contributed by atoms with van der Waals surface area (Å²) in [6.07, 6.45) is -0.473. The van der Waals surface area contributed by atoms with Crippen molar-refractivity contribution >= 4 is 28.0 Å². The highest BCUT2D eigenvalue weighted by molar-refractivity contribution is 7.17. The summed E-state index contributed by atoms with van der Waals surface area (Å²) in [5, 5.41) is 1.81. The third-order valence-electron chi connectivity index (χ3n) is 2.48. The Labute approximate surface area is 120 Å². The molecule has 1 N–H and O–H groups in total. The average Bonchev–Trinajstić information content (AvgIpc) is 2.92. The Morgan fingerprint density at radius 1 is 1.52 bits per heavy atom. The maximum Gasteiger partial charge on any atom is 0.471 e. The number of carbonyl (C=O) groups excluding carboxylic acids is 2. The first kappa shape index (κ1) is 15.3. The van der Waals surface area contributed by atoms with Crippen LogP contribution in [0.15, 0.2) is 18.7 Å². The van der Waals surface area contributed by atoms with Crippen molar-refractivity contribution in [1.29, 1.82) is 0 Å². The van der Waals surface area contributed by atoms with Crippen molar-refractivity contribution in [2.75, 3.05) is 6.61 Å². The lowest BCUT2D eigenvalue weighted by molar-refractivity contribution is -0.175. The Hall–Kier alpha value is -2.10. The first-order valence-corrected chi connectivity index (χ1v) is 6.51. The Morgan fingerprint density at radius 2 is 2.24 bits per heavy atom. The molecule has 21 heavy (non-hydrogen) atoms. The summed E-state index contributed by atoms with van der Waals surface area (Å²) in [7, 11) is 0. The van der Waals surface area contributed by atoms with Gasteiger partial charge >= 0.3 is 18.1 Å². The monoisotopic (exact) mass is 321 g/mol. The predicted octanol–water partition coefficient (Wildman–Crippen LogP) is 1.68. The van der Waals surface area contributed by atoms with Gasteiger partial charge in [0.2, 0.25) is 0 Å². The molecule has 0 bridgehead atoms. The van der Waals surface area contributed by atoms with E-state index in [1.165, 1.54) is 18.7 Å². The lowest BCUT2D eigenvalue weighted by atomic mass is 10.2. The van der Waals surface area contributed by atoms with E-state index >= 15 is 0 Å². The number of aromatic nitrogens is 2. The number of nitrogens with one attached hydrogen (secondary N) is 1. The molecular formula is C11H10F3N3O3S. The minimum absolute atomic E-state index is 0.381. The van der Waals surface area contributed by atoms with Crippen molar-refractivity contribution in [1.82, 2.24) is 14.7 Å². The van der Waals surface area contributed by atoms with E-state index in [0.717, 1.165) is 18.3 Å². The summed E-state index contributed by atoms with van der Waals surface area (Å²) in [6, 6.07) is -1.08. The number of ether oxygens (including phenoxy) is 1. The summed E-state index contributed by atoms with van der Waals surface area (Å²) >= 11 is 1.14. The van der Waals surface area contributed by atoms with Gasteiger partial charge in [-0.15, -0.1) is 11.3 Å². The fourth-order valence-corrected chi connectivity index (χ4v) is 2.55. The van der Waals surface area contributed by atoms with E-state index in [4.69, 9.17) is 4.74 Å². The van der Waals surface area contributed by atoms with Gasteiger partial charge in [-0.2, -0.15) is 13.2 Å². The molecule has 0 fully saturated rings. The van der Waals surface area contributed by atoms with Crippen molar-refractivity contribution in [3.8, 4) is 0 Å². The van der Waals surface area contributed by atoms with E-state index in [0.29, 0.717) is 9.71 Å². The number of esters is 1. The van der Waals surface area contributed by atoms with Crippen LogP contribution in [0.4, 0.5) is 13.2 Å². The highest BCUT2D eigenvalue weighted by Gasteiger charge is 2.40. The molecule has 1 atom stereocenters. The Kier molecular flexibility index (Phi) is 4.16. The zero-order chi connectivity index (χ0) is 15.6. The summed E-state index contributed by atoms with van der Waals surface area (Å²) in [5.74, 6) is -2.73. The van der Waals surface area contributed by atoms with Crippen molar-refractivity contribution < 1.29 is 27.5 Å². The molecule has 0 aliphatic carbocycles. The number of nitrogens with zero attached hydrogens (tertiary/aromatic N) is 2. The summed E-state index contributed by atoms with van der Waals surface area (Å²) in [5.41, 5.74) is 0. The van der Waals surface area contributed by atoms with E-state index in [2.05, 4.69) is 4.98 Å². The van der Waals surface area contributed by atoms with Gasteiger partial charge < -0.3 is 10.1 Å². The number of imidazole rings is 1. The fraction of sp³-hybridized carbons (Fsp3) is 0.364. The smallest absolute Gasteiger partial charge is 0.463 e. The molecule has 1 unspecified atom stereocenters. The van der Waals surface area contributed by atoms with Crippen LogP contribution >= 0.6 is 11.3 Å². The van der Waals surface area contributed by atoms with Gasteiger partial charge in [-0.1, -0.05) is 0 Å². The number of carbonyl (C=O) groups is 2. The standard InChI is InChI=1S/C11H10F3N3O3S/c1-6(18)20-4-7(16-10(19)11(12,13)14)8-3-17-5-15-2-9(17)21-8/h2-3,5,7H,4H2,1H3,(H,16,19). The number of hydrogen-bond donors (Lipinski definition) is 1. The van der Waals surface area contributed by atoms with E-state index in [-0.39, 0.29) is 6.61 Å². The minimum atomic E-state index is -5.00. The van der Waals surface area contributed by atoms with Crippen molar-refractivity contribution in [2.24, 2.45) is 0 Å². The molecule has 6 nitrogen and oxygen atoms in total. The van der Waals surface area contributed by atoms with Crippen LogP contribution in [0, 0.1) is 0 Å². The lowest BCUT2D eigenvalue weighted by Gasteiger charge is -2.17. The molecular weight excluding hydrogens is 311 g/mol. The van der Waals surface area contributed by atoms with Crippen molar-refractivity contribution in [3.05, 3.63) is 23.6 Å². The van der Waals surface area contributed by atoms with Gasteiger partial charge in [0.05, 0.1) is 18.6 Å². The molecule has 0 aliphatic rings. The maximum absolute atomic E-state index is 12.3. The Balaban J connectivity index is 2.20. The summed E-state index contributed by atoms with van der Waals surface area (Å²) < 4.78 is 43.3. The minimum Gasteiger partial charge on any atom is -0.463 e. The van der Waals surface area contributed by atoms with Crippen LogP contribution in [0.5, 0.6) is 0 Å². The highest BCUT2D eigenvalue weighted by Crippen LogP contribution is 2.26. The van der Waals surface area contributed by atoms with Crippen molar-refractivity contribution in [2.45, 2.75) is 19.1 Å². The molecule has 0 aromatic carbocycles. The quantitative estimate of drug-likeness (QED) is 0.870. The summed E-state index contributed by atoms with van der Waals surface area (Å²) in [4.78, 5) is 26.8. The molecule has 0 spiro atoms. The first-order valence-electron chi connectivity index (χ1n) is 5.70. The van der Waals surface area contributed by atoms with Gasteiger partial charge in [-0.3, -0.25) is 14.0 Å². The topological polar surface area (TPSA) is 72.7 Å². The molecule has 0 saturated carbocycles. The first-order chi connectivity index (χ1) is 9.77. The highest BCUT2D eigenvalue weighted by atomic mass is 32.1. The summed E-state index contributed by atoms with van der Waals surface area (Å²) in [6.45, 7) is 0.750. The molecule has 2 aromatic rings. The number of alkyl halides is 3. The lowest BCUT2D eigenvalue weighted by Crippen LogP contribution is -2.40. The molecule has 0 aliphatic heterocycles. The van der Waals surface area contributed by atoms with Crippen LogP contribution < -0.4 is 5.32 Å². The van der Waals surface area contributed by atoms with Crippen LogP contribution in [0.2, 0.25) is 0 Å². The SMILES string of the molecule is CC(=O)OCC(NC(=O)C(F)(F)F)c1cn2cncc2s1. The fourth-order valence-electron chi connectivity index (χ4n) is 1.55. The second-order valence-corrected chi connectivity index (χ2v) is 5.19. The van der Waals surface area contributed by atoms with Gasteiger partial charge in [0.15, 0.2) is 0 Å². The van der Waals surface area contributed by atoms with Gasteiger partial charge in [0, 0.05) is 18.0 Å². The number of halogens is 3. The average molecular weight is 321 g/mol. The van der Waals surface area contributed by atoms with Gasteiger partial charge in [-0.25, -0.2) is 4.98 Å². The van der Waals surface area contributed by atoms with E-state index in [1.807, 2.05) is 5.32 Å². The van der Waals surface area contributed by atoms with Crippen LogP contribution in [0.25, 0.3) is 4.83 Å². The van der Waals surface area contributed by atoms with Crippen LogP contribution in [-0.2, 0) is 14.3 Å². The second kappa shape index (κ2) is 5.72. The zero-order valence-electron chi connectivity index (χ0n) is 10.7. The normalized spacial score (nSPS) is 13.1. The number of amides is 1. The van der Waals surface area contributed by atoms with Gasteiger partial charge in [0.1, 0.15) is 11.4 Å². The molecule has 0 saturated heterocycles. The molecule has 2 aromatic heterocycles. The Bertz CT molecular complexity index is 636. The third kappa shape index (κ3) is 3.72. The van der Waals surface area contributed by atoms with E-state index in [9.17, 15) is 22.8 Å². The number of hydrogen-bond acceptors (Lipinski definition) is 5. The molecule has 2 heterocycles. The number of fused-ring (bicyclic) bond motifs is 1. The van der Waals surface area contributed by atoms with Gasteiger partial charge in [-0.05, 0) is 0 Å². The second-order valence-electron chi connectivity index (χ2n) is 4.10. The van der Waals surface area contributed by atoms with E-state index < -0.39 is 24.1 Å². The third-order valence-corrected chi connectivity index (χ3v) is 3.63. The molecule has 10 heteroatoms. The number of rotatable bonds is 4. The maximum atomic E-state index is 12.3.